The van der Waals surface area contributed by atoms with Crippen molar-refractivity contribution in [1.29, 1.82) is 0 Å². The van der Waals surface area contributed by atoms with Gasteiger partial charge >= 0.3 is 0 Å². The Hall–Kier alpha value is -3.06. The third-order valence-electron chi connectivity index (χ3n) is 5.32. The Bertz CT molecular complexity index is 863. The van der Waals surface area contributed by atoms with Crippen LogP contribution in [0, 0.1) is 5.92 Å². The van der Waals surface area contributed by atoms with Crippen molar-refractivity contribution >= 4 is 11.8 Å². The Morgan fingerprint density at radius 1 is 1.03 bits per heavy atom. The van der Waals surface area contributed by atoms with Crippen LogP contribution in [-0.2, 0) is 11.2 Å². The fourth-order valence-corrected chi connectivity index (χ4v) is 3.33. The maximum Gasteiger partial charge on any atom is 0.251 e. The van der Waals surface area contributed by atoms with Gasteiger partial charge in [0.05, 0.1) is 19.8 Å². The van der Waals surface area contributed by atoms with Crippen molar-refractivity contribution in [3.8, 4) is 11.5 Å². The molecule has 0 spiro atoms. The summed E-state index contributed by atoms with van der Waals surface area (Å²) in [6, 6.07) is 13.6. The summed E-state index contributed by atoms with van der Waals surface area (Å²) in [5.74, 6) is 1.60. The molecule has 0 radical (unpaired) electrons. The van der Waals surface area contributed by atoms with Gasteiger partial charge in [-0.1, -0.05) is 25.0 Å². The first kappa shape index (κ1) is 23.6. The van der Waals surface area contributed by atoms with Crippen molar-refractivity contribution in [3.63, 3.8) is 0 Å². The molecule has 0 aliphatic heterocycles. The lowest BCUT2D eigenvalue weighted by atomic mass is 10.0. The van der Waals surface area contributed by atoms with Gasteiger partial charge in [0.1, 0.15) is 17.5 Å². The number of amides is 2. The fourth-order valence-electron chi connectivity index (χ4n) is 3.33. The van der Waals surface area contributed by atoms with Crippen LogP contribution in [0.2, 0.25) is 0 Å². The summed E-state index contributed by atoms with van der Waals surface area (Å²) in [5.41, 5.74) is 1.34. The summed E-state index contributed by atoms with van der Waals surface area (Å²) < 4.78 is 11.2. The van der Waals surface area contributed by atoms with Crippen LogP contribution in [0.3, 0.4) is 0 Å². The van der Waals surface area contributed by atoms with Crippen LogP contribution in [0.4, 0.5) is 0 Å². The van der Waals surface area contributed by atoms with E-state index in [9.17, 15) is 9.59 Å². The lowest BCUT2D eigenvalue weighted by molar-refractivity contribution is -0.123. The Labute approximate surface area is 189 Å². The van der Waals surface area contributed by atoms with Gasteiger partial charge in [0.15, 0.2) is 0 Å². The van der Waals surface area contributed by atoms with Crippen LogP contribution in [0.1, 0.15) is 42.1 Å². The smallest absolute Gasteiger partial charge is 0.251 e. The molecule has 1 aliphatic carbocycles. The van der Waals surface area contributed by atoms with E-state index in [0.29, 0.717) is 25.2 Å². The zero-order chi connectivity index (χ0) is 22.8. The number of nitrogens with one attached hydrogen (secondary N) is 2. The topological polar surface area (TPSA) is 96.9 Å². The molecule has 1 unspecified atom stereocenters. The van der Waals surface area contributed by atoms with Crippen LogP contribution in [0.25, 0.3) is 0 Å². The first-order valence-corrected chi connectivity index (χ1v) is 11.2. The number of hydrogen-bond acceptors (Lipinski definition) is 5. The van der Waals surface area contributed by atoms with Gasteiger partial charge in [-0.15, -0.1) is 0 Å². The van der Waals surface area contributed by atoms with Gasteiger partial charge in [0.2, 0.25) is 5.91 Å². The van der Waals surface area contributed by atoms with Crippen LogP contribution in [0.5, 0.6) is 11.5 Å². The standard InChI is InChI=1S/C25H32N2O5/c1-2-31-21-9-5-19(6-10-21)17-23(25(30)26-14-15-28)27-24(29)20-7-11-22(12-8-20)32-16-13-18-3-4-18/h5-12,18,23,28H,2-4,13-17H2,1H3,(H,26,30)(H,27,29). The monoisotopic (exact) mass is 440 g/mol. The quantitative estimate of drug-likeness (QED) is 0.445. The predicted molar refractivity (Wildman–Crippen MR) is 122 cm³/mol. The van der Waals surface area contributed by atoms with E-state index < -0.39 is 6.04 Å². The van der Waals surface area contributed by atoms with E-state index in [2.05, 4.69) is 10.6 Å². The van der Waals surface area contributed by atoms with Gasteiger partial charge in [-0.25, -0.2) is 0 Å². The third-order valence-corrected chi connectivity index (χ3v) is 5.32. The molecular formula is C25H32N2O5. The first-order chi connectivity index (χ1) is 15.6. The summed E-state index contributed by atoms with van der Waals surface area (Å²) >= 11 is 0. The van der Waals surface area contributed by atoms with Gasteiger partial charge < -0.3 is 25.2 Å². The van der Waals surface area contributed by atoms with Crippen LogP contribution in [-0.4, -0.2) is 49.3 Å². The normalized spacial score (nSPS) is 13.8. The van der Waals surface area contributed by atoms with Crippen molar-refractivity contribution in [1.82, 2.24) is 10.6 Å². The van der Waals surface area contributed by atoms with Gasteiger partial charge in [0.25, 0.3) is 5.91 Å². The molecule has 2 amide bonds. The second-order valence-corrected chi connectivity index (χ2v) is 7.93. The van der Waals surface area contributed by atoms with E-state index in [1.807, 2.05) is 31.2 Å². The largest absolute Gasteiger partial charge is 0.494 e. The number of rotatable bonds is 13. The lowest BCUT2D eigenvalue weighted by Gasteiger charge is -2.19. The Morgan fingerprint density at radius 2 is 1.69 bits per heavy atom. The Kier molecular flexibility index (Phi) is 8.92. The van der Waals surface area contributed by atoms with E-state index in [1.54, 1.807) is 24.3 Å². The molecule has 0 aromatic heterocycles. The zero-order valence-corrected chi connectivity index (χ0v) is 18.5. The molecule has 0 bridgehead atoms. The van der Waals surface area contributed by atoms with Crippen molar-refractivity contribution < 1.29 is 24.2 Å². The van der Waals surface area contributed by atoms with E-state index in [1.165, 1.54) is 12.8 Å². The second-order valence-electron chi connectivity index (χ2n) is 7.93. The minimum Gasteiger partial charge on any atom is -0.494 e. The van der Waals surface area contributed by atoms with Gasteiger partial charge in [-0.2, -0.15) is 0 Å². The van der Waals surface area contributed by atoms with Crippen LogP contribution < -0.4 is 20.1 Å². The highest BCUT2D eigenvalue weighted by atomic mass is 16.5. The number of hydrogen-bond donors (Lipinski definition) is 3. The predicted octanol–water partition coefficient (Wildman–Crippen LogP) is 2.71. The molecule has 1 atom stereocenters. The molecule has 3 rings (SSSR count). The van der Waals surface area contributed by atoms with Gasteiger partial charge in [-0.3, -0.25) is 9.59 Å². The van der Waals surface area contributed by atoms with Gasteiger partial charge in [-0.05, 0) is 61.2 Å². The molecule has 1 fully saturated rings. The van der Waals surface area contributed by atoms with Crippen molar-refractivity contribution in [2.75, 3.05) is 26.4 Å². The molecule has 7 nitrogen and oxygen atoms in total. The number of aliphatic hydroxyl groups is 1. The van der Waals surface area contributed by atoms with Crippen molar-refractivity contribution in [3.05, 3.63) is 59.7 Å². The van der Waals surface area contributed by atoms with Crippen molar-refractivity contribution in [2.45, 2.75) is 38.6 Å². The lowest BCUT2D eigenvalue weighted by Crippen LogP contribution is -2.48. The van der Waals surface area contributed by atoms with Crippen molar-refractivity contribution in [2.24, 2.45) is 5.92 Å². The number of carbonyl (C=O) groups excluding carboxylic acids is 2. The molecular weight excluding hydrogens is 408 g/mol. The molecule has 2 aromatic rings. The summed E-state index contributed by atoms with van der Waals surface area (Å²) in [7, 11) is 0. The molecule has 32 heavy (non-hydrogen) atoms. The summed E-state index contributed by atoms with van der Waals surface area (Å²) in [6.45, 7) is 3.13. The highest BCUT2D eigenvalue weighted by Crippen LogP contribution is 2.32. The highest BCUT2D eigenvalue weighted by Gasteiger charge is 2.22. The maximum atomic E-state index is 12.8. The number of aliphatic hydroxyl groups excluding tert-OH is 1. The number of benzene rings is 2. The Balaban J connectivity index is 1.60. The molecule has 7 heteroatoms. The minimum atomic E-state index is -0.776. The van der Waals surface area contributed by atoms with Crippen LogP contribution >= 0.6 is 0 Å². The molecule has 0 saturated heterocycles. The number of carbonyl (C=O) groups is 2. The van der Waals surface area contributed by atoms with E-state index >= 15 is 0 Å². The molecule has 1 saturated carbocycles. The third kappa shape index (κ3) is 7.57. The van der Waals surface area contributed by atoms with E-state index in [0.717, 1.165) is 29.4 Å². The molecule has 1 aliphatic rings. The first-order valence-electron chi connectivity index (χ1n) is 11.2. The average Bonchev–Trinajstić information content (AvgIpc) is 3.63. The maximum absolute atomic E-state index is 12.8. The Morgan fingerprint density at radius 3 is 2.31 bits per heavy atom. The second kappa shape index (κ2) is 12.1. The highest BCUT2D eigenvalue weighted by molar-refractivity contribution is 5.97. The SMILES string of the molecule is CCOc1ccc(CC(NC(=O)c2ccc(OCCC3CC3)cc2)C(=O)NCCO)cc1. The fraction of sp³-hybridized carbons (Fsp3) is 0.440. The summed E-state index contributed by atoms with van der Waals surface area (Å²) in [5, 5.41) is 14.5. The average molecular weight is 441 g/mol. The zero-order valence-electron chi connectivity index (χ0n) is 18.5. The molecule has 2 aromatic carbocycles. The van der Waals surface area contributed by atoms with E-state index in [4.69, 9.17) is 14.6 Å². The van der Waals surface area contributed by atoms with Gasteiger partial charge in [0, 0.05) is 18.5 Å². The number of ether oxygens (including phenoxy) is 2. The summed E-state index contributed by atoms with van der Waals surface area (Å²) in [6.07, 6.45) is 3.98. The molecule has 3 N–H and O–H groups in total. The van der Waals surface area contributed by atoms with Crippen LogP contribution in [0.15, 0.2) is 48.5 Å². The minimum absolute atomic E-state index is 0.126. The molecule has 172 valence electrons. The molecule has 0 heterocycles. The van der Waals surface area contributed by atoms with E-state index in [-0.39, 0.29) is 25.0 Å². The summed E-state index contributed by atoms with van der Waals surface area (Å²) in [4.78, 5) is 25.4.